The molecule has 1 aliphatic rings. The molecule has 2 amide bonds. The summed E-state index contributed by atoms with van der Waals surface area (Å²) in [5.41, 5.74) is 6.46. The number of carbonyl (C=O) groups is 2. The van der Waals surface area contributed by atoms with E-state index >= 15 is 0 Å². The number of hydrogen-bond acceptors (Lipinski definition) is 6. The molecule has 3 rings (SSSR count). The number of aryl methyl sites for hydroxylation is 1. The van der Waals surface area contributed by atoms with E-state index in [1.807, 2.05) is 32.9 Å². The maximum atomic E-state index is 13.6. The van der Waals surface area contributed by atoms with Gasteiger partial charge in [0.2, 0.25) is 11.8 Å². The molecule has 2 heterocycles. The summed E-state index contributed by atoms with van der Waals surface area (Å²) in [5.74, 6) is -0.735. The quantitative estimate of drug-likeness (QED) is 0.575. The van der Waals surface area contributed by atoms with Crippen molar-refractivity contribution in [1.29, 1.82) is 0 Å². The Hall–Kier alpha value is -3.56. The lowest BCUT2D eigenvalue weighted by molar-refractivity contribution is -0.124. The molecule has 184 valence electrons. The zero-order chi connectivity index (χ0) is 25.0. The Morgan fingerprint density at radius 1 is 1.24 bits per heavy atom. The minimum atomic E-state index is -0.710. The van der Waals surface area contributed by atoms with Crippen molar-refractivity contribution in [3.63, 3.8) is 0 Å². The standard InChI is InChI=1S/C24H33N5O5/c1-5-7-11-28-21(25)20(22(31)26-24(28)33)27(10-6-2)23(32)16-13-19(30)29(14-16)17-12-15(3)8-9-18(17)34-4/h8-9,12,16H,5-7,10-11,13-14,25H2,1-4H3,(H,26,31,33). The second kappa shape index (κ2) is 10.6. The fraction of sp³-hybridized carbons (Fsp3) is 0.500. The van der Waals surface area contributed by atoms with Gasteiger partial charge in [-0.15, -0.1) is 0 Å². The molecule has 1 atom stereocenters. The van der Waals surface area contributed by atoms with Crippen LogP contribution in [0.4, 0.5) is 17.2 Å². The number of ether oxygens (including phenoxy) is 1. The van der Waals surface area contributed by atoms with E-state index in [2.05, 4.69) is 4.98 Å². The molecule has 1 aliphatic heterocycles. The summed E-state index contributed by atoms with van der Waals surface area (Å²) in [5, 5.41) is 0. The summed E-state index contributed by atoms with van der Waals surface area (Å²) in [7, 11) is 1.53. The van der Waals surface area contributed by atoms with Gasteiger partial charge in [0.15, 0.2) is 5.69 Å². The molecule has 10 nitrogen and oxygen atoms in total. The van der Waals surface area contributed by atoms with Gasteiger partial charge in [-0.3, -0.25) is 23.9 Å². The van der Waals surface area contributed by atoms with Crippen molar-refractivity contribution in [2.75, 3.05) is 35.7 Å². The first-order valence-corrected chi connectivity index (χ1v) is 11.6. The highest BCUT2D eigenvalue weighted by atomic mass is 16.5. The van der Waals surface area contributed by atoms with Crippen LogP contribution in [0.1, 0.15) is 45.1 Å². The number of unbranched alkanes of at least 4 members (excludes halogenated alkanes) is 1. The third kappa shape index (κ3) is 4.85. The van der Waals surface area contributed by atoms with E-state index in [0.29, 0.717) is 30.8 Å². The number of rotatable bonds is 9. The molecule has 10 heteroatoms. The van der Waals surface area contributed by atoms with Crippen LogP contribution < -0.4 is 31.5 Å². The van der Waals surface area contributed by atoms with Gasteiger partial charge in [0.05, 0.1) is 18.7 Å². The van der Waals surface area contributed by atoms with Crippen LogP contribution in [0.3, 0.4) is 0 Å². The number of nitrogens with one attached hydrogen (secondary N) is 1. The topological polar surface area (TPSA) is 131 Å². The Morgan fingerprint density at radius 3 is 2.62 bits per heavy atom. The average molecular weight is 472 g/mol. The van der Waals surface area contributed by atoms with Crippen molar-refractivity contribution < 1.29 is 14.3 Å². The van der Waals surface area contributed by atoms with Gasteiger partial charge in [0.1, 0.15) is 11.6 Å². The van der Waals surface area contributed by atoms with Gasteiger partial charge in [-0.05, 0) is 37.5 Å². The summed E-state index contributed by atoms with van der Waals surface area (Å²) >= 11 is 0. The van der Waals surface area contributed by atoms with Crippen LogP contribution in [0, 0.1) is 12.8 Å². The fourth-order valence-electron chi connectivity index (χ4n) is 4.27. The van der Waals surface area contributed by atoms with E-state index in [4.69, 9.17) is 10.5 Å². The smallest absolute Gasteiger partial charge is 0.330 e. The predicted molar refractivity (Wildman–Crippen MR) is 131 cm³/mol. The van der Waals surface area contributed by atoms with Crippen LogP contribution in [-0.2, 0) is 16.1 Å². The van der Waals surface area contributed by atoms with Gasteiger partial charge >= 0.3 is 5.69 Å². The number of aromatic amines is 1. The molecular weight excluding hydrogens is 438 g/mol. The summed E-state index contributed by atoms with van der Waals surface area (Å²) in [4.78, 5) is 56.8. The van der Waals surface area contributed by atoms with E-state index in [1.54, 1.807) is 11.0 Å². The first-order chi connectivity index (χ1) is 16.2. The van der Waals surface area contributed by atoms with Gasteiger partial charge < -0.3 is 20.3 Å². The van der Waals surface area contributed by atoms with Crippen molar-refractivity contribution >= 4 is 29.0 Å². The van der Waals surface area contributed by atoms with Crippen molar-refractivity contribution in [2.45, 2.75) is 53.0 Å². The Balaban J connectivity index is 1.97. The number of aromatic nitrogens is 2. The number of methoxy groups -OCH3 is 1. The number of hydrogen-bond donors (Lipinski definition) is 2. The fourth-order valence-corrected chi connectivity index (χ4v) is 4.27. The van der Waals surface area contributed by atoms with E-state index in [-0.39, 0.29) is 42.8 Å². The van der Waals surface area contributed by atoms with Crippen LogP contribution in [0.15, 0.2) is 27.8 Å². The molecule has 34 heavy (non-hydrogen) atoms. The molecule has 3 N–H and O–H groups in total. The number of carbonyl (C=O) groups excluding carboxylic acids is 2. The molecule has 0 saturated carbocycles. The average Bonchev–Trinajstić information content (AvgIpc) is 3.19. The highest BCUT2D eigenvalue weighted by molar-refractivity contribution is 6.05. The molecule has 1 aromatic carbocycles. The largest absolute Gasteiger partial charge is 0.495 e. The summed E-state index contributed by atoms with van der Waals surface area (Å²) in [6, 6.07) is 5.52. The van der Waals surface area contributed by atoms with Gasteiger partial charge in [-0.2, -0.15) is 0 Å². The second-order valence-corrected chi connectivity index (χ2v) is 8.57. The molecule has 1 aromatic heterocycles. The Morgan fingerprint density at radius 2 is 1.97 bits per heavy atom. The first-order valence-electron chi connectivity index (χ1n) is 11.6. The monoisotopic (exact) mass is 471 g/mol. The molecule has 0 spiro atoms. The maximum absolute atomic E-state index is 13.6. The zero-order valence-corrected chi connectivity index (χ0v) is 20.2. The third-order valence-corrected chi connectivity index (χ3v) is 6.03. The first kappa shape index (κ1) is 25.1. The maximum Gasteiger partial charge on any atom is 0.330 e. The minimum Gasteiger partial charge on any atom is -0.495 e. The number of nitrogens with zero attached hydrogens (tertiary/aromatic N) is 3. The van der Waals surface area contributed by atoms with Crippen LogP contribution >= 0.6 is 0 Å². The van der Waals surface area contributed by atoms with E-state index < -0.39 is 17.2 Å². The molecular formula is C24H33N5O5. The van der Waals surface area contributed by atoms with Gasteiger partial charge in [0, 0.05) is 26.1 Å². The summed E-state index contributed by atoms with van der Waals surface area (Å²) in [6.45, 7) is 6.50. The molecule has 2 aromatic rings. The Bertz CT molecular complexity index is 1190. The lowest BCUT2D eigenvalue weighted by Gasteiger charge is -2.26. The zero-order valence-electron chi connectivity index (χ0n) is 20.2. The van der Waals surface area contributed by atoms with Crippen LogP contribution in [-0.4, -0.2) is 41.6 Å². The normalized spacial score (nSPS) is 15.6. The Kier molecular flexibility index (Phi) is 7.80. The number of benzene rings is 1. The van der Waals surface area contributed by atoms with E-state index in [0.717, 1.165) is 12.0 Å². The third-order valence-electron chi connectivity index (χ3n) is 6.03. The number of amides is 2. The van der Waals surface area contributed by atoms with Gasteiger partial charge in [0.25, 0.3) is 5.56 Å². The van der Waals surface area contributed by atoms with Crippen molar-refractivity contribution in [3.05, 3.63) is 44.6 Å². The Labute approximate surface area is 198 Å². The van der Waals surface area contributed by atoms with Crippen molar-refractivity contribution in [2.24, 2.45) is 5.92 Å². The summed E-state index contributed by atoms with van der Waals surface area (Å²) < 4.78 is 6.71. The molecule has 0 radical (unpaired) electrons. The highest BCUT2D eigenvalue weighted by Crippen LogP contribution is 2.35. The predicted octanol–water partition coefficient (Wildman–Crippen LogP) is 2.03. The van der Waals surface area contributed by atoms with Crippen molar-refractivity contribution in [3.8, 4) is 5.75 Å². The molecule has 0 bridgehead atoms. The molecule has 1 unspecified atom stereocenters. The number of nitrogens with two attached hydrogens (primary N) is 1. The van der Waals surface area contributed by atoms with Crippen LogP contribution in [0.25, 0.3) is 0 Å². The lowest BCUT2D eigenvalue weighted by Crippen LogP contribution is -2.44. The second-order valence-electron chi connectivity index (χ2n) is 8.57. The highest BCUT2D eigenvalue weighted by Gasteiger charge is 2.39. The molecule has 1 saturated heterocycles. The lowest BCUT2D eigenvalue weighted by atomic mass is 10.1. The molecule has 1 fully saturated rings. The van der Waals surface area contributed by atoms with Crippen LogP contribution in [0.5, 0.6) is 5.75 Å². The van der Waals surface area contributed by atoms with Gasteiger partial charge in [-0.25, -0.2) is 4.79 Å². The SMILES string of the molecule is CCCCn1c(N)c(N(CCC)C(=O)C2CC(=O)N(c3cc(C)ccc3OC)C2)c(=O)[nH]c1=O. The van der Waals surface area contributed by atoms with Crippen LogP contribution in [0.2, 0.25) is 0 Å². The van der Waals surface area contributed by atoms with E-state index in [1.165, 1.54) is 16.6 Å². The number of H-pyrrole nitrogens is 1. The van der Waals surface area contributed by atoms with E-state index in [9.17, 15) is 19.2 Å². The van der Waals surface area contributed by atoms with Gasteiger partial charge in [-0.1, -0.05) is 26.3 Å². The van der Waals surface area contributed by atoms with Crippen molar-refractivity contribution in [1.82, 2.24) is 9.55 Å². The summed E-state index contributed by atoms with van der Waals surface area (Å²) in [6.07, 6.45) is 2.10. The molecule has 0 aliphatic carbocycles. The minimum absolute atomic E-state index is 0.00340. The number of anilines is 3. The number of nitrogen functional groups attached to an aromatic ring is 1.